The molecule has 0 aromatic heterocycles. The van der Waals surface area contributed by atoms with Crippen molar-refractivity contribution < 1.29 is 10.2 Å². The molecule has 0 saturated carbocycles. The summed E-state index contributed by atoms with van der Waals surface area (Å²) in [6.45, 7) is 0. The molecule has 2 aromatic rings. The molecule has 0 bridgehead atoms. The molecule has 0 unspecified atom stereocenters. The van der Waals surface area contributed by atoms with E-state index in [0.717, 1.165) is 11.1 Å². The number of aromatic hydroxyl groups is 2. The molecule has 16 heavy (non-hydrogen) atoms. The zero-order chi connectivity index (χ0) is 11.5. The minimum absolute atomic E-state index is 0.0544. The van der Waals surface area contributed by atoms with Crippen molar-refractivity contribution in [2.45, 2.75) is 5.25 Å². The summed E-state index contributed by atoms with van der Waals surface area (Å²) in [5.41, 5.74) is 2.01. The molecule has 0 saturated heterocycles. The van der Waals surface area contributed by atoms with Crippen LogP contribution in [-0.2, 0) is 0 Å². The van der Waals surface area contributed by atoms with Crippen LogP contribution in [0.25, 0.3) is 0 Å². The Morgan fingerprint density at radius 1 is 0.688 bits per heavy atom. The fraction of sp³-hybridized carbons (Fsp3) is 0.0769. The summed E-state index contributed by atoms with van der Waals surface area (Å²) < 4.78 is 0. The van der Waals surface area contributed by atoms with Gasteiger partial charge in [-0.3, -0.25) is 0 Å². The molecule has 2 rings (SSSR count). The predicted molar refractivity (Wildman–Crippen MR) is 67.0 cm³/mol. The molecule has 0 heterocycles. The molecule has 82 valence electrons. The lowest BCUT2D eigenvalue weighted by molar-refractivity contribution is 0.475. The molecule has 2 nitrogen and oxygen atoms in total. The van der Waals surface area contributed by atoms with Gasteiger partial charge in [0.2, 0.25) is 0 Å². The number of benzene rings is 2. The monoisotopic (exact) mass is 232 g/mol. The number of hydrogen-bond acceptors (Lipinski definition) is 3. The van der Waals surface area contributed by atoms with Crippen LogP contribution in [0.5, 0.6) is 11.5 Å². The van der Waals surface area contributed by atoms with Gasteiger partial charge in [0, 0.05) is 0 Å². The molecule has 0 aliphatic rings. The summed E-state index contributed by atoms with van der Waals surface area (Å²) in [5.74, 6) is 0.491. The van der Waals surface area contributed by atoms with Crippen LogP contribution in [0.4, 0.5) is 0 Å². The summed E-state index contributed by atoms with van der Waals surface area (Å²) in [7, 11) is 0. The van der Waals surface area contributed by atoms with Crippen molar-refractivity contribution in [3.05, 3.63) is 59.7 Å². The Morgan fingerprint density at radius 3 is 1.31 bits per heavy atom. The quantitative estimate of drug-likeness (QED) is 0.696. The average Bonchev–Trinajstić information content (AvgIpc) is 2.30. The Balaban J connectivity index is 2.28. The molecular weight excluding hydrogens is 220 g/mol. The summed E-state index contributed by atoms with van der Waals surface area (Å²) in [5, 5.41) is 18.3. The SMILES string of the molecule is Oc1ccc(C(S)c2ccc(O)cc2)cc1. The van der Waals surface area contributed by atoms with E-state index in [-0.39, 0.29) is 16.7 Å². The van der Waals surface area contributed by atoms with Gasteiger partial charge in [-0.2, -0.15) is 12.6 Å². The van der Waals surface area contributed by atoms with Crippen LogP contribution in [0.3, 0.4) is 0 Å². The summed E-state index contributed by atoms with van der Waals surface area (Å²) in [6, 6.07) is 13.9. The van der Waals surface area contributed by atoms with Gasteiger partial charge >= 0.3 is 0 Å². The second-order valence-corrected chi connectivity index (χ2v) is 4.10. The maximum atomic E-state index is 9.19. The van der Waals surface area contributed by atoms with E-state index in [0.29, 0.717) is 0 Å². The molecular formula is C13H12O2S. The first-order chi connectivity index (χ1) is 7.66. The maximum absolute atomic E-state index is 9.19. The van der Waals surface area contributed by atoms with Crippen LogP contribution in [0.2, 0.25) is 0 Å². The van der Waals surface area contributed by atoms with E-state index in [1.165, 1.54) is 0 Å². The summed E-state index contributed by atoms with van der Waals surface area (Å²) in [6.07, 6.45) is 0. The first kappa shape index (κ1) is 10.9. The third-order valence-corrected chi connectivity index (χ3v) is 3.01. The second kappa shape index (κ2) is 4.49. The third-order valence-electron chi connectivity index (χ3n) is 2.42. The minimum atomic E-state index is -0.0544. The standard InChI is InChI=1S/C13H12O2S/c14-11-5-1-9(2-6-11)13(16)10-3-7-12(15)8-4-10/h1-8,13-16H. The van der Waals surface area contributed by atoms with Gasteiger partial charge in [0.1, 0.15) is 11.5 Å². The molecule has 2 N–H and O–H groups in total. The van der Waals surface area contributed by atoms with Crippen LogP contribution in [-0.4, -0.2) is 10.2 Å². The average molecular weight is 232 g/mol. The number of rotatable bonds is 2. The zero-order valence-corrected chi connectivity index (χ0v) is 9.43. The van der Waals surface area contributed by atoms with Crippen LogP contribution in [0.1, 0.15) is 16.4 Å². The first-order valence-corrected chi connectivity index (χ1v) is 5.44. The highest BCUT2D eigenvalue weighted by molar-refractivity contribution is 7.80. The largest absolute Gasteiger partial charge is 0.508 e. The molecule has 0 spiro atoms. The molecule has 0 amide bonds. The molecule has 0 atom stereocenters. The lowest BCUT2D eigenvalue weighted by Crippen LogP contribution is -1.92. The van der Waals surface area contributed by atoms with E-state index in [2.05, 4.69) is 12.6 Å². The van der Waals surface area contributed by atoms with Gasteiger partial charge in [-0.1, -0.05) is 24.3 Å². The molecule has 0 aliphatic carbocycles. The van der Waals surface area contributed by atoms with Crippen molar-refractivity contribution in [1.82, 2.24) is 0 Å². The van der Waals surface area contributed by atoms with Gasteiger partial charge in [0.05, 0.1) is 5.25 Å². The van der Waals surface area contributed by atoms with E-state index < -0.39 is 0 Å². The first-order valence-electron chi connectivity index (χ1n) is 4.93. The number of hydrogen-bond donors (Lipinski definition) is 3. The van der Waals surface area contributed by atoms with Gasteiger partial charge in [0.25, 0.3) is 0 Å². The lowest BCUT2D eigenvalue weighted by Gasteiger charge is -2.11. The van der Waals surface area contributed by atoms with Crippen LogP contribution < -0.4 is 0 Å². The third kappa shape index (κ3) is 2.31. The van der Waals surface area contributed by atoms with Crippen molar-refractivity contribution in [1.29, 1.82) is 0 Å². The van der Waals surface area contributed by atoms with E-state index in [4.69, 9.17) is 0 Å². The Hall–Kier alpha value is -1.61. The van der Waals surface area contributed by atoms with Crippen molar-refractivity contribution in [2.75, 3.05) is 0 Å². The molecule has 3 heteroatoms. The Morgan fingerprint density at radius 2 is 1.00 bits per heavy atom. The Kier molecular flexibility index (Phi) is 3.06. The number of thiol groups is 1. The highest BCUT2D eigenvalue weighted by atomic mass is 32.1. The fourth-order valence-electron chi connectivity index (χ4n) is 1.51. The topological polar surface area (TPSA) is 40.5 Å². The van der Waals surface area contributed by atoms with Crippen LogP contribution >= 0.6 is 12.6 Å². The normalized spacial score (nSPS) is 10.6. The highest BCUT2D eigenvalue weighted by Gasteiger charge is 2.08. The molecule has 0 radical (unpaired) electrons. The van der Waals surface area contributed by atoms with Crippen molar-refractivity contribution in [2.24, 2.45) is 0 Å². The van der Waals surface area contributed by atoms with Crippen molar-refractivity contribution in [3.63, 3.8) is 0 Å². The fourth-order valence-corrected chi connectivity index (χ4v) is 1.85. The van der Waals surface area contributed by atoms with Gasteiger partial charge in [0.15, 0.2) is 0 Å². The van der Waals surface area contributed by atoms with E-state index in [9.17, 15) is 10.2 Å². The van der Waals surface area contributed by atoms with Crippen LogP contribution in [0.15, 0.2) is 48.5 Å². The van der Waals surface area contributed by atoms with Gasteiger partial charge in [-0.05, 0) is 35.4 Å². The Bertz CT molecular complexity index is 417. The zero-order valence-electron chi connectivity index (χ0n) is 8.54. The summed E-state index contributed by atoms with van der Waals surface area (Å²) in [4.78, 5) is 0. The smallest absolute Gasteiger partial charge is 0.115 e. The van der Waals surface area contributed by atoms with E-state index in [1.54, 1.807) is 24.3 Å². The van der Waals surface area contributed by atoms with Gasteiger partial charge < -0.3 is 10.2 Å². The number of phenolic OH excluding ortho intramolecular Hbond substituents is 2. The molecule has 0 fully saturated rings. The predicted octanol–water partition coefficient (Wildman–Crippen LogP) is 3.12. The molecule has 0 aliphatic heterocycles. The van der Waals surface area contributed by atoms with E-state index in [1.807, 2.05) is 24.3 Å². The van der Waals surface area contributed by atoms with E-state index >= 15 is 0 Å². The van der Waals surface area contributed by atoms with Crippen molar-refractivity contribution >= 4 is 12.6 Å². The highest BCUT2D eigenvalue weighted by Crippen LogP contribution is 2.29. The Labute approximate surface area is 99.6 Å². The number of phenols is 2. The van der Waals surface area contributed by atoms with Crippen molar-refractivity contribution in [3.8, 4) is 11.5 Å². The van der Waals surface area contributed by atoms with Gasteiger partial charge in [-0.15, -0.1) is 0 Å². The lowest BCUT2D eigenvalue weighted by atomic mass is 10.0. The maximum Gasteiger partial charge on any atom is 0.115 e. The second-order valence-electron chi connectivity index (χ2n) is 3.59. The van der Waals surface area contributed by atoms with Gasteiger partial charge in [-0.25, -0.2) is 0 Å². The minimum Gasteiger partial charge on any atom is -0.508 e. The molecule has 2 aromatic carbocycles. The van der Waals surface area contributed by atoms with Crippen LogP contribution in [0, 0.1) is 0 Å². The summed E-state index contributed by atoms with van der Waals surface area (Å²) >= 11 is 4.51.